The Morgan fingerprint density at radius 1 is 1.39 bits per heavy atom. The molecular formula is C14H17FN2O. The lowest BCUT2D eigenvalue weighted by Crippen LogP contribution is -2.20. The third kappa shape index (κ3) is 2.71. The third-order valence-electron chi connectivity index (χ3n) is 2.86. The van der Waals surface area contributed by atoms with Crippen LogP contribution in [0.2, 0.25) is 0 Å². The highest BCUT2D eigenvalue weighted by atomic mass is 19.1. The highest BCUT2D eigenvalue weighted by molar-refractivity contribution is 5.54. The summed E-state index contributed by atoms with van der Waals surface area (Å²) in [6.45, 7) is 2.47. The summed E-state index contributed by atoms with van der Waals surface area (Å²) in [5.41, 5.74) is 7.59. The van der Waals surface area contributed by atoms with Gasteiger partial charge in [-0.2, -0.15) is 0 Å². The van der Waals surface area contributed by atoms with Crippen molar-refractivity contribution in [1.82, 2.24) is 0 Å². The lowest BCUT2D eigenvalue weighted by atomic mass is 10.1. The molecule has 0 amide bonds. The predicted molar refractivity (Wildman–Crippen MR) is 69.8 cm³/mol. The molecule has 4 heteroatoms. The molecule has 2 aromatic rings. The van der Waals surface area contributed by atoms with Crippen LogP contribution in [0.15, 0.2) is 41.0 Å². The highest BCUT2D eigenvalue weighted by Gasteiger charge is 2.13. The number of nitrogens with two attached hydrogens (primary N) is 1. The number of halogens is 1. The largest absolute Gasteiger partial charge is 0.467 e. The van der Waals surface area contributed by atoms with E-state index in [1.807, 2.05) is 31.0 Å². The summed E-state index contributed by atoms with van der Waals surface area (Å²) in [7, 11) is 1.93. The van der Waals surface area contributed by atoms with Crippen molar-refractivity contribution in [2.24, 2.45) is 5.73 Å². The van der Waals surface area contributed by atoms with Crippen LogP contribution in [0.3, 0.4) is 0 Å². The molecule has 1 heterocycles. The second-order valence-corrected chi connectivity index (χ2v) is 4.43. The molecular weight excluding hydrogens is 231 g/mol. The van der Waals surface area contributed by atoms with Crippen molar-refractivity contribution in [3.05, 3.63) is 53.7 Å². The fourth-order valence-electron chi connectivity index (χ4n) is 1.96. The minimum absolute atomic E-state index is 0.213. The van der Waals surface area contributed by atoms with E-state index < -0.39 is 0 Å². The van der Waals surface area contributed by atoms with Crippen molar-refractivity contribution < 1.29 is 8.81 Å². The van der Waals surface area contributed by atoms with Crippen LogP contribution < -0.4 is 10.6 Å². The van der Waals surface area contributed by atoms with Crippen LogP contribution >= 0.6 is 0 Å². The van der Waals surface area contributed by atoms with Gasteiger partial charge in [0.05, 0.1) is 12.8 Å². The van der Waals surface area contributed by atoms with Gasteiger partial charge >= 0.3 is 0 Å². The van der Waals surface area contributed by atoms with Crippen LogP contribution in [-0.2, 0) is 6.54 Å². The molecule has 0 fully saturated rings. The lowest BCUT2D eigenvalue weighted by Gasteiger charge is -2.23. The van der Waals surface area contributed by atoms with E-state index in [2.05, 4.69) is 0 Å². The van der Waals surface area contributed by atoms with Crippen molar-refractivity contribution in [2.45, 2.75) is 19.5 Å². The standard InChI is InChI=1S/C14H17FN2O/c1-10(16)13-8-11(15)5-6-14(13)17(2)9-12-4-3-7-18-12/h3-8,10H,9,16H2,1-2H3/t10-/m1/s1. The summed E-state index contributed by atoms with van der Waals surface area (Å²) in [5, 5.41) is 0. The molecule has 1 aromatic carbocycles. The Morgan fingerprint density at radius 2 is 2.17 bits per heavy atom. The number of nitrogens with zero attached hydrogens (tertiary/aromatic N) is 1. The molecule has 0 spiro atoms. The molecule has 96 valence electrons. The lowest BCUT2D eigenvalue weighted by molar-refractivity contribution is 0.507. The normalized spacial score (nSPS) is 12.4. The number of furan rings is 1. The maximum atomic E-state index is 13.3. The van der Waals surface area contributed by atoms with E-state index in [4.69, 9.17) is 10.2 Å². The van der Waals surface area contributed by atoms with Crippen molar-refractivity contribution >= 4 is 5.69 Å². The van der Waals surface area contributed by atoms with Crippen molar-refractivity contribution in [3.8, 4) is 0 Å². The minimum Gasteiger partial charge on any atom is -0.467 e. The minimum atomic E-state index is -0.266. The van der Waals surface area contributed by atoms with E-state index in [9.17, 15) is 4.39 Å². The molecule has 0 aliphatic heterocycles. The topological polar surface area (TPSA) is 42.4 Å². The smallest absolute Gasteiger partial charge is 0.123 e. The summed E-state index contributed by atoms with van der Waals surface area (Å²) in [6.07, 6.45) is 1.64. The van der Waals surface area contributed by atoms with E-state index in [1.54, 1.807) is 12.3 Å². The molecule has 1 aromatic heterocycles. The van der Waals surface area contributed by atoms with E-state index in [0.717, 1.165) is 17.0 Å². The molecule has 0 aliphatic rings. The first-order chi connectivity index (χ1) is 8.58. The van der Waals surface area contributed by atoms with Crippen molar-refractivity contribution in [1.29, 1.82) is 0 Å². The van der Waals surface area contributed by atoms with Gasteiger partial charge < -0.3 is 15.1 Å². The van der Waals surface area contributed by atoms with Crippen LogP contribution in [0.25, 0.3) is 0 Å². The van der Waals surface area contributed by atoms with Gasteiger partial charge in [0, 0.05) is 18.8 Å². The molecule has 0 bridgehead atoms. The number of hydrogen-bond acceptors (Lipinski definition) is 3. The number of benzene rings is 1. The van der Waals surface area contributed by atoms with Gasteiger partial charge in [0.15, 0.2) is 0 Å². The number of hydrogen-bond donors (Lipinski definition) is 1. The first-order valence-corrected chi connectivity index (χ1v) is 5.86. The monoisotopic (exact) mass is 248 g/mol. The SMILES string of the molecule is C[C@@H](N)c1cc(F)ccc1N(C)Cc1ccco1. The Kier molecular flexibility index (Phi) is 3.67. The average molecular weight is 248 g/mol. The van der Waals surface area contributed by atoms with Crippen LogP contribution in [0.5, 0.6) is 0 Å². The van der Waals surface area contributed by atoms with Crippen molar-refractivity contribution in [3.63, 3.8) is 0 Å². The Morgan fingerprint density at radius 3 is 2.78 bits per heavy atom. The molecule has 2 N–H and O–H groups in total. The molecule has 0 saturated heterocycles. The summed E-state index contributed by atoms with van der Waals surface area (Å²) in [6, 6.07) is 8.22. The van der Waals surface area contributed by atoms with Gasteiger partial charge in [-0.15, -0.1) is 0 Å². The highest BCUT2D eigenvalue weighted by Crippen LogP contribution is 2.26. The van der Waals surface area contributed by atoms with E-state index >= 15 is 0 Å². The second kappa shape index (κ2) is 5.23. The number of anilines is 1. The van der Waals surface area contributed by atoms with Gasteiger partial charge in [-0.3, -0.25) is 0 Å². The van der Waals surface area contributed by atoms with Crippen LogP contribution in [0.4, 0.5) is 10.1 Å². The zero-order valence-corrected chi connectivity index (χ0v) is 10.6. The maximum absolute atomic E-state index is 13.3. The van der Waals surface area contributed by atoms with E-state index in [1.165, 1.54) is 12.1 Å². The predicted octanol–water partition coefficient (Wildman–Crippen LogP) is 3.07. The quantitative estimate of drug-likeness (QED) is 0.904. The van der Waals surface area contributed by atoms with Crippen LogP contribution in [-0.4, -0.2) is 7.05 Å². The van der Waals surface area contributed by atoms with Crippen molar-refractivity contribution in [2.75, 3.05) is 11.9 Å². The van der Waals surface area contributed by atoms with Gasteiger partial charge in [0.25, 0.3) is 0 Å². The van der Waals surface area contributed by atoms with Gasteiger partial charge in [-0.05, 0) is 42.8 Å². The fraction of sp³-hybridized carbons (Fsp3) is 0.286. The summed E-state index contributed by atoms with van der Waals surface area (Å²) < 4.78 is 18.6. The zero-order chi connectivity index (χ0) is 13.1. The van der Waals surface area contributed by atoms with Crippen LogP contribution in [0, 0.1) is 5.82 Å². The Hall–Kier alpha value is -1.81. The summed E-state index contributed by atoms with van der Waals surface area (Å²) in [5.74, 6) is 0.592. The number of rotatable bonds is 4. The van der Waals surface area contributed by atoms with Gasteiger partial charge in [-0.1, -0.05) is 0 Å². The molecule has 3 nitrogen and oxygen atoms in total. The average Bonchev–Trinajstić information content (AvgIpc) is 2.81. The summed E-state index contributed by atoms with van der Waals surface area (Å²) in [4.78, 5) is 2.00. The van der Waals surface area contributed by atoms with Gasteiger partial charge in [0.2, 0.25) is 0 Å². The summed E-state index contributed by atoms with van der Waals surface area (Å²) >= 11 is 0. The van der Waals surface area contributed by atoms with E-state index in [-0.39, 0.29) is 11.9 Å². The maximum Gasteiger partial charge on any atom is 0.123 e. The molecule has 0 radical (unpaired) electrons. The molecule has 1 atom stereocenters. The molecule has 0 unspecified atom stereocenters. The zero-order valence-electron chi connectivity index (χ0n) is 10.6. The first-order valence-electron chi connectivity index (χ1n) is 5.86. The first kappa shape index (κ1) is 12.6. The molecule has 2 rings (SSSR count). The fourth-order valence-corrected chi connectivity index (χ4v) is 1.96. The molecule has 0 saturated carbocycles. The van der Waals surface area contributed by atoms with Gasteiger partial charge in [0.1, 0.15) is 11.6 Å². The molecule has 0 aliphatic carbocycles. The second-order valence-electron chi connectivity index (χ2n) is 4.43. The molecule has 18 heavy (non-hydrogen) atoms. The Labute approximate surface area is 106 Å². The van der Waals surface area contributed by atoms with Crippen LogP contribution in [0.1, 0.15) is 24.3 Å². The Bertz CT molecular complexity index is 509. The third-order valence-corrected chi connectivity index (χ3v) is 2.86. The van der Waals surface area contributed by atoms with Gasteiger partial charge in [-0.25, -0.2) is 4.39 Å². The van der Waals surface area contributed by atoms with E-state index in [0.29, 0.717) is 6.54 Å². The Balaban J connectivity index is 2.26.